The van der Waals surface area contributed by atoms with E-state index in [1.54, 1.807) is 30.5 Å². The van der Waals surface area contributed by atoms with Gasteiger partial charge in [-0.05, 0) is 49.9 Å². The number of hydrogen-bond acceptors (Lipinski definition) is 6. The van der Waals surface area contributed by atoms with Crippen molar-refractivity contribution in [3.63, 3.8) is 0 Å². The number of thiophene rings is 1. The smallest absolute Gasteiger partial charge is 0.347 e. The molecule has 0 saturated carbocycles. The summed E-state index contributed by atoms with van der Waals surface area (Å²) in [6.45, 7) is 4.94. The first-order valence-electron chi connectivity index (χ1n) is 7.63. The number of carbonyl (C=O) groups is 2. The van der Waals surface area contributed by atoms with Gasteiger partial charge in [0.15, 0.2) is 12.2 Å². The van der Waals surface area contributed by atoms with Crippen molar-refractivity contribution in [3.05, 3.63) is 46.8 Å². The molecule has 130 valence electrons. The van der Waals surface area contributed by atoms with Crippen molar-refractivity contribution in [1.82, 2.24) is 0 Å². The van der Waals surface area contributed by atoms with Crippen molar-refractivity contribution in [1.29, 1.82) is 5.26 Å². The zero-order valence-corrected chi connectivity index (χ0v) is 14.9. The van der Waals surface area contributed by atoms with E-state index in [2.05, 4.69) is 5.32 Å². The lowest BCUT2D eigenvalue weighted by Gasteiger charge is -2.17. The number of amides is 1. The molecule has 1 aromatic heterocycles. The number of hydrogen-bond donors (Lipinski definition) is 1. The molecule has 0 aliphatic carbocycles. The standard InChI is InChI=1S/C18H18N2O4S/c1-11-5-4-6-15(9-11)23-13(3)18(22)24-12(2)16(21)20-17-14(10-19)7-8-25-17/h4-9,12-13H,1-3H3,(H,20,21)/t12-,13+/m0/s1. The lowest BCUT2D eigenvalue weighted by molar-refractivity contribution is -0.159. The molecule has 0 spiro atoms. The normalized spacial score (nSPS) is 12.6. The maximum atomic E-state index is 12.1. The van der Waals surface area contributed by atoms with Crippen LogP contribution in [0.5, 0.6) is 5.75 Å². The lowest BCUT2D eigenvalue weighted by Crippen LogP contribution is -2.35. The van der Waals surface area contributed by atoms with E-state index in [-0.39, 0.29) is 0 Å². The third kappa shape index (κ3) is 5.06. The van der Waals surface area contributed by atoms with Crippen LogP contribution in [-0.4, -0.2) is 24.1 Å². The van der Waals surface area contributed by atoms with Crippen LogP contribution >= 0.6 is 11.3 Å². The number of ether oxygens (including phenoxy) is 2. The average Bonchev–Trinajstić information content (AvgIpc) is 3.01. The summed E-state index contributed by atoms with van der Waals surface area (Å²) in [6, 6.07) is 10.9. The first kappa shape index (κ1) is 18.5. The molecule has 0 aliphatic rings. The van der Waals surface area contributed by atoms with Crippen LogP contribution in [-0.2, 0) is 14.3 Å². The summed E-state index contributed by atoms with van der Waals surface area (Å²) in [5.41, 5.74) is 1.38. The molecule has 7 heteroatoms. The predicted octanol–water partition coefficient (Wildman–Crippen LogP) is 3.27. The summed E-state index contributed by atoms with van der Waals surface area (Å²) in [6.07, 6.45) is -1.86. The molecule has 0 radical (unpaired) electrons. The van der Waals surface area contributed by atoms with Crippen molar-refractivity contribution in [2.75, 3.05) is 5.32 Å². The average molecular weight is 358 g/mol. The van der Waals surface area contributed by atoms with E-state index < -0.39 is 24.1 Å². The Morgan fingerprint density at radius 3 is 2.68 bits per heavy atom. The Morgan fingerprint density at radius 2 is 2.00 bits per heavy atom. The second kappa shape index (κ2) is 8.31. The highest BCUT2D eigenvalue weighted by molar-refractivity contribution is 7.14. The second-order valence-corrected chi connectivity index (χ2v) is 6.34. The number of benzene rings is 1. The van der Waals surface area contributed by atoms with Gasteiger partial charge in [-0.1, -0.05) is 12.1 Å². The molecule has 0 unspecified atom stereocenters. The van der Waals surface area contributed by atoms with Crippen LogP contribution in [0.3, 0.4) is 0 Å². The number of esters is 1. The second-order valence-electron chi connectivity index (χ2n) is 5.42. The minimum atomic E-state index is -1.01. The number of anilines is 1. The number of carbonyl (C=O) groups excluding carboxylic acids is 2. The van der Waals surface area contributed by atoms with Gasteiger partial charge in [0.1, 0.15) is 16.8 Å². The summed E-state index contributed by atoms with van der Waals surface area (Å²) in [7, 11) is 0. The van der Waals surface area contributed by atoms with Crippen molar-refractivity contribution in [3.8, 4) is 11.8 Å². The van der Waals surface area contributed by atoms with Gasteiger partial charge in [0, 0.05) is 0 Å². The predicted molar refractivity (Wildman–Crippen MR) is 94.5 cm³/mol. The Hall–Kier alpha value is -2.85. The van der Waals surface area contributed by atoms with Gasteiger partial charge in [0.05, 0.1) is 5.56 Å². The van der Waals surface area contributed by atoms with E-state index in [9.17, 15) is 9.59 Å². The summed E-state index contributed by atoms with van der Waals surface area (Å²) in [4.78, 5) is 24.2. The Kier molecular flexibility index (Phi) is 6.14. The molecule has 6 nitrogen and oxygen atoms in total. The fourth-order valence-corrected chi connectivity index (χ4v) is 2.71. The van der Waals surface area contributed by atoms with Crippen LogP contribution < -0.4 is 10.1 Å². The van der Waals surface area contributed by atoms with E-state index in [1.165, 1.54) is 18.3 Å². The molecule has 1 amide bonds. The third-order valence-electron chi connectivity index (χ3n) is 3.32. The van der Waals surface area contributed by atoms with E-state index in [1.807, 2.05) is 25.1 Å². The minimum absolute atomic E-state index is 0.369. The number of nitrogens with one attached hydrogen (secondary N) is 1. The molecular weight excluding hydrogens is 340 g/mol. The molecule has 0 fully saturated rings. The van der Waals surface area contributed by atoms with Gasteiger partial charge in [-0.25, -0.2) is 4.79 Å². The Balaban J connectivity index is 1.90. The Labute approximate surface area is 150 Å². The SMILES string of the molecule is Cc1cccc(O[C@H](C)C(=O)O[C@@H](C)C(=O)Nc2sccc2C#N)c1. The number of aryl methyl sites for hydroxylation is 1. The van der Waals surface area contributed by atoms with Crippen LogP contribution in [0.25, 0.3) is 0 Å². The topological polar surface area (TPSA) is 88.4 Å². The molecule has 1 aromatic carbocycles. The lowest BCUT2D eigenvalue weighted by atomic mass is 10.2. The van der Waals surface area contributed by atoms with Crippen molar-refractivity contribution < 1.29 is 19.1 Å². The first-order chi connectivity index (χ1) is 11.9. The largest absolute Gasteiger partial charge is 0.479 e. The van der Waals surface area contributed by atoms with Crippen LogP contribution in [0.2, 0.25) is 0 Å². The Morgan fingerprint density at radius 1 is 1.24 bits per heavy atom. The van der Waals surface area contributed by atoms with Crippen molar-refractivity contribution >= 4 is 28.2 Å². The molecule has 2 rings (SSSR count). The third-order valence-corrected chi connectivity index (χ3v) is 4.15. The molecular formula is C18H18N2O4S. The van der Waals surface area contributed by atoms with Crippen LogP contribution in [0.15, 0.2) is 35.7 Å². The van der Waals surface area contributed by atoms with E-state index in [0.717, 1.165) is 5.56 Å². The van der Waals surface area contributed by atoms with Crippen LogP contribution in [0, 0.1) is 18.3 Å². The highest BCUT2D eigenvalue weighted by atomic mass is 32.1. The summed E-state index contributed by atoms with van der Waals surface area (Å²) < 4.78 is 10.7. The molecule has 2 aromatic rings. The van der Waals surface area contributed by atoms with Crippen LogP contribution in [0.1, 0.15) is 25.0 Å². The summed E-state index contributed by atoms with van der Waals surface area (Å²) in [5.74, 6) is -0.593. The van der Waals surface area contributed by atoms with Crippen molar-refractivity contribution in [2.45, 2.75) is 33.0 Å². The van der Waals surface area contributed by atoms with Gasteiger partial charge in [-0.15, -0.1) is 11.3 Å². The van der Waals surface area contributed by atoms with Gasteiger partial charge in [0.25, 0.3) is 5.91 Å². The highest BCUT2D eigenvalue weighted by Gasteiger charge is 2.24. The first-order valence-corrected chi connectivity index (χ1v) is 8.51. The van der Waals surface area contributed by atoms with Gasteiger partial charge in [-0.2, -0.15) is 5.26 Å². The minimum Gasteiger partial charge on any atom is -0.479 e. The van der Waals surface area contributed by atoms with Gasteiger partial charge in [-0.3, -0.25) is 4.79 Å². The molecule has 25 heavy (non-hydrogen) atoms. The van der Waals surface area contributed by atoms with Gasteiger partial charge >= 0.3 is 5.97 Å². The zero-order chi connectivity index (χ0) is 18.4. The fourth-order valence-electron chi connectivity index (χ4n) is 1.97. The maximum Gasteiger partial charge on any atom is 0.347 e. The monoisotopic (exact) mass is 358 g/mol. The summed E-state index contributed by atoms with van der Waals surface area (Å²) in [5, 5.41) is 13.6. The molecule has 0 saturated heterocycles. The number of nitriles is 1. The van der Waals surface area contributed by atoms with E-state index in [0.29, 0.717) is 16.3 Å². The molecule has 0 aliphatic heterocycles. The molecule has 1 heterocycles. The van der Waals surface area contributed by atoms with E-state index >= 15 is 0 Å². The Bertz CT molecular complexity index is 809. The quantitative estimate of drug-likeness (QED) is 0.801. The van der Waals surface area contributed by atoms with E-state index in [4.69, 9.17) is 14.7 Å². The number of rotatable bonds is 6. The van der Waals surface area contributed by atoms with Crippen molar-refractivity contribution in [2.24, 2.45) is 0 Å². The molecule has 0 bridgehead atoms. The maximum absolute atomic E-state index is 12.1. The summed E-state index contributed by atoms with van der Waals surface area (Å²) >= 11 is 1.23. The zero-order valence-electron chi connectivity index (χ0n) is 14.1. The van der Waals surface area contributed by atoms with Gasteiger partial charge in [0.2, 0.25) is 0 Å². The molecule has 2 atom stereocenters. The van der Waals surface area contributed by atoms with Crippen LogP contribution in [0.4, 0.5) is 5.00 Å². The van der Waals surface area contributed by atoms with Gasteiger partial charge < -0.3 is 14.8 Å². The number of nitrogens with zero attached hydrogens (tertiary/aromatic N) is 1. The highest BCUT2D eigenvalue weighted by Crippen LogP contribution is 2.22. The molecule has 1 N–H and O–H groups in total. The fraction of sp³-hybridized carbons (Fsp3) is 0.278.